The maximum absolute atomic E-state index is 11.5. The Hall–Kier alpha value is -1.33. The van der Waals surface area contributed by atoms with Gasteiger partial charge in [-0.3, -0.25) is 4.90 Å². The molecule has 1 saturated heterocycles. The molecule has 18 heavy (non-hydrogen) atoms. The van der Waals surface area contributed by atoms with Crippen LogP contribution in [0, 0.1) is 5.92 Å². The van der Waals surface area contributed by atoms with Gasteiger partial charge in [-0.15, -0.1) is 0 Å². The fourth-order valence-electron chi connectivity index (χ4n) is 2.56. The molecule has 0 aromatic carbocycles. The molecule has 2 atom stereocenters. The van der Waals surface area contributed by atoms with Crippen LogP contribution in [0.25, 0.3) is 0 Å². The maximum atomic E-state index is 11.5. The van der Waals surface area contributed by atoms with Crippen molar-refractivity contribution in [3.8, 4) is 0 Å². The molecule has 1 aromatic rings. The number of nitrogens with two attached hydrogens (primary N) is 1. The molecule has 0 bridgehead atoms. The topological polar surface area (TPSA) is 68.7 Å². The van der Waals surface area contributed by atoms with Crippen LogP contribution in [0.15, 0.2) is 16.7 Å². The highest BCUT2D eigenvalue weighted by molar-refractivity contribution is 5.87. The second-order valence-corrected chi connectivity index (χ2v) is 4.88. The first-order valence-electron chi connectivity index (χ1n) is 6.24. The van der Waals surface area contributed by atoms with Crippen molar-refractivity contribution in [2.45, 2.75) is 25.9 Å². The molecule has 1 aromatic heterocycles. The lowest BCUT2D eigenvalue weighted by Crippen LogP contribution is -2.27. The minimum Gasteiger partial charge on any atom is -0.463 e. The van der Waals surface area contributed by atoms with E-state index < -0.39 is 5.97 Å². The van der Waals surface area contributed by atoms with Crippen LogP contribution in [0.3, 0.4) is 0 Å². The predicted molar refractivity (Wildman–Crippen MR) is 67.1 cm³/mol. The molecule has 1 aliphatic rings. The molecule has 0 saturated carbocycles. The molecule has 2 heterocycles. The monoisotopic (exact) mass is 252 g/mol. The summed E-state index contributed by atoms with van der Waals surface area (Å²) < 4.78 is 9.89. The molecule has 1 fully saturated rings. The first-order chi connectivity index (χ1) is 8.65. The summed E-state index contributed by atoms with van der Waals surface area (Å²) in [6.45, 7) is 4.59. The van der Waals surface area contributed by atoms with Gasteiger partial charge in [0.2, 0.25) is 5.76 Å². The second-order valence-electron chi connectivity index (χ2n) is 4.88. The lowest BCUT2D eigenvalue weighted by Gasteiger charge is -2.20. The summed E-state index contributed by atoms with van der Waals surface area (Å²) in [7, 11) is 1.36. The Morgan fingerprint density at radius 2 is 2.44 bits per heavy atom. The van der Waals surface area contributed by atoms with Crippen LogP contribution < -0.4 is 5.73 Å². The molecular weight excluding hydrogens is 232 g/mol. The van der Waals surface area contributed by atoms with E-state index in [4.69, 9.17) is 14.9 Å². The van der Waals surface area contributed by atoms with E-state index >= 15 is 0 Å². The first-order valence-corrected chi connectivity index (χ1v) is 6.24. The van der Waals surface area contributed by atoms with Crippen molar-refractivity contribution in [2.75, 3.05) is 20.2 Å². The number of carbonyl (C=O) groups excluding carboxylic acids is 1. The molecule has 2 rings (SSSR count). The second kappa shape index (κ2) is 5.54. The van der Waals surface area contributed by atoms with Gasteiger partial charge in [0.15, 0.2) is 0 Å². The molecular formula is C13H20N2O3. The van der Waals surface area contributed by atoms with Gasteiger partial charge in [0.1, 0.15) is 0 Å². The van der Waals surface area contributed by atoms with Crippen LogP contribution in [0.2, 0.25) is 0 Å². The first kappa shape index (κ1) is 13.1. The largest absolute Gasteiger partial charge is 0.463 e. The summed E-state index contributed by atoms with van der Waals surface area (Å²) in [5.74, 6) is 0.437. The number of likely N-dealkylation sites (tertiary alicyclic amines) is 1. The van der Waals surface area contributed by atoms with E-state index in [2.05, 4.69) is 11.8 Å². The SMILES string of the molecule is COC(=O)c1occc1CN1CC(CN)CC1C. The zero-order valence-electron chi connectivity index (χ0n) is 10.9. The van der Waals surface area contributed by atoms with Crippen molar-refractivity contribution >= 4 is 5.97 Å². The van der Waals surface area contributed by atoms with Crippen LogP contribution in [-0.2, 0) is 11.3 Å². The Morgan fingerprint density at radius 1 is 1.67 bits per heavy atom. The minimum atomic E-state index is -0.419. The van der Waals surface area contributed by atoms with E-state index in [-0.39, 0.29) is 0 Å². The quantitative estimate of drug-likeness (QED) is 0.816. The number of esters is 1. The zero-order valence-corrected chi connectivity index (χ0v) is 10.9. The molecule has 1 aliphatic heterocycles. The Balaban J connectivity index is 2.06. The Bertz CT molecular complexity index is 416. The number of furan rings is 1. The summed E-state index contributed by atoms with van der Waals surface area (Å²) in [5.41, 5.74) is 6.59. The third-order valence-electron chi connectivity index (χ3n) is 3.61. The number of carbonyl (C=O) groups is 1. The van der Waals surface area contributed by atoms with Crippen LogP contribution in [-0.4, -0.2) is 37.1 Å². The molecule has 0 aliphatic carbocycles. The number of hydrogen-bond acceptors (Lipinski definition) is 5. The Labute approximate surface area is 107 Å². The summed E-state index contributed by atoms with van der Waals surface area (Å²) in [6, 6.07) is 2.31. The van der Waals surface area contributed by atoms with Gasteiger partial charge in [0, 0.05) is 24.7 Å². The lowest BCUT2D eigenvalue weighted by atomic mass is 10.1. The fourth-order valence-corrected chi connectivity index (χ4v) is 2.56. The summed E-state index contributed by atoms with van der Waals surface area (Å²) in [5, 5.41) is 0. The van der Waals surface area contributed by atoms with Crippen molar-refractivity contribution < 1.29 is 13.9 Å². The van der Waals surface area contributed by atoms with Crippen molar-refractivity contribution in [2.24, 2.45) is 11.7 Å². The van der Waals surface area contributed by atoms with Crippen LogP contribution in [0.4, 0.5) is 0 Å². The number of methoxy groups -OCH3 is 1. The van der Waals surface area contributed by atoms with Crippen LogP contribution in [0.5, 0.6) is 0 Å². The highest BCUT2D eigenvalue weighted by Crippen LogP contribution is 2.25. The smallest absolute Gasteiger partial charge is 0.374 e. The summed E-state index contributed by atoms with van der Waals surface area (Å²) >= 11 is 0. The van der Waals surface area contributed by atoms with Gasteiger partial charge in [-0.25, -0.2) is 4.79 Å². The van der Waals surface area contributed by atoms with Crippen molar-refractivity contribution in [1.82, 2.24) is 4.90 Å². The number of hydrogen-bond donors (Lipinski definition) is 1. The average molecular weight is 252 g/mol. The summed E-state index contributed by atoms with van der Waals surface area (Å²) in [4.78, 5) is 13.8. The van der Waals surface area contributed by atoms with E-state index in [0.717, 1.165) is 25.1 Å². The van der Waals surface area contributed by atoms with Crippen molar-refractivity contribution in [3.05, 3.63) is 23.7 Å². The standard InChI is InChI=1S/C13H20N2O3/c1-9-5-10(6-14)7-15(9)8-11-3-4-18-12(11)13(16)17-2/h3-4,9-10H,5-8,14H2,1-2H3. The highest BCUT2D eigenvalue weighted by Gasteiger charge is 2.29. The van der Waals surface area contributed by atoms with Gasteiger partial charge in [-0.2, -0.15) is 0 Å². The molecule has 0 radical (unpaired) electrons. The molecule has 2 unspecified atom stereocenters. The van der Waals surface area contributed by atoms with Crippen LogP contribution >= 0.6 is 0 Å². The average Bonchev–Trinajstić information content (AvgIpc) is 2.96. The van der Waals surface area contributed by atoms with Gasteiger partial charge in [-0.1, -0.05) is 0 Å². The Kier molecular flexibility index (Phi) is 4.04. The van der Waals surface area contributed by atoms with Crippen LogP contribution in [0.1, 0.15) is 29.5 Å². The van der Waals surface area contributed by atoms with E-state index in [1.165, 1.54) is 13.4 Å². The Morgan fingerprint density at radius 3 is 3.06 bits per heavy atom. The third kappa shape index (κ3) is 2.57. The van der Waals surface area contributed by atoms with Gasteiger partial charge in [0.25, 0.3) is 0 Å². The summed E-state index contributed by atoms with van der Waals surface area (Å²) in [6.07, 6.45) is 2.64. The molecule has 5 heteroatoms. The van der Waals surface area contributed by atoms with Gasteiger partial charge < -0.3 is 14.9 Å². The third-order valence-corrected chi connectivity index (χ3v) is 3.61. The predicted octanol–water partition coefficient (Wildman–Crippen LogP) is 1.24. The maximum Gasteiger partial charge on any atom is 0.374 e. The van der Waals surface area contributed by atoms with Gasteiger partial charge in [0.05, 0.1) is 13.4 Å². The molecule has 0 spiro atoms. The number of rotatable bonds is 4. The molecule has 2 N–H and O–H groups in total. The van der Waals surface area contributed by atoms with Crippen molar-refractivity contribution in [3.63, 3.8) is 0 Å². The van der Waals surface area contributed by atoms with E-state index in [9.17, 15) is 4.79 Å². The zero-order chi connectivity index (χ0) is 13.1. The highest BCUT2D eigenvalue weighted by atomic mass is 16.5. The van der Waals surface area contributed by atoms with Gasteiger partial charge in [-0.05, 0) is 31.9 Å². The van der Waals surface area contributed by atoms with Crippen molar-refractivity contribution in [1.29, 1.82) is 0 Å². The molecule has 0 amide bonds. The number of ether oxygens (including phenoxy) is 1. The molecule has 5 nitrogen and oxygen atoms in total. The molecule has 100 valence electrons. The van der Waals surface area contributed by atoms with E-state index in [0.29, 0.717) is 24.3 Å². The number of nitrogens with zero attached hydrogens (tertiary/aromatic N) is 1. The minimum absolute atomic E-state index is 0.306. The fraction of sp³-hybridized carbons (Fsp3) is 0.615. The normalized spacial score (nSPS) is 24.4. The lowest BCUT2D eigenvalue weighted by molar-refractivity contribution is 0.0561. The van der Waals surface area contributed by atoms with Gasteiger partial charge >= 0.3 is 5.97 Å². The van der Waals surface area contributed by atoms with E-state index in [1.807, 2.05) is 6.07 Å². The van der Waals surface area contributed by atoms with E-state index in [1.54, 1.807) is 0 Å².